The van der Waals surface area contributed by atoms with E-state index in [0.29, 0.717) is 5.56 Å². The van der Waals surface area contributed by atoms with Gasteiger partial charge in [0.15, 0.2) is 11.6 Å². The summed E-state index contributed by atoms with van der Waals surface area (Å²) in [5, 5.41) is 9.14. The highest BCUT2D eigenvalue weighted by molar-refractivity contribution is 5.66. The van der Waals surface area contributed by atoms with E-state index in [1.165, 1.54) is 11.0 Å². The van der Waals surface area contributed by atoms with E-state index in [0.717, 1.165) is 12.1 Å². The fourth-order valence-corrected chi connectivity index (χ4v) is 1.68. The molecule has 1 rings (SSSR count). The summed E-state index contributed by atoms with van der Waals surface area (Å²) >= 11 is 0. The highest BCUT2D eigenvalue weighted by Crippen LogP contribution is 2.20. The molecule has 1 aromatic carbocycles. The summed E-state index contributed by atoms with van der Waals surface area (Å²) in [4.78, 5) is 12.3. The van der Waals surface area contributed by atoms with Crippen LogP contribution in [0.25, 0.3) is 0 Å². The number of hydrogen-bond acceptors (Lipinski definition) is 2. The molecule has 0 bridgehead atoms. The molecule has 0 saturated carbocycles. The number of rotatable bonds is 3. The Balaban J connectivity index is 2.91. The molecule has 1 aromatic rings. The van der Waals surface area contributed by atoms with Gasteiger partial charge in [0.25, 0.3) is 0 Å². The quantitative estimate of drug-likeness (QED) is 0.889. The molecule has 0 aliphatic heterocycles. The van der Waals surface area contributed by atoms with Gasteiger partial charge in [0, 0.05) is 18.1 Å². The van der Waals surface area contributed by atoms with Crippen molar-refractivity contribution in [2.75, 3.05) is 6.54 Å². The van der Waals surface area contributed by atoms with Crippen molar-refractivity contribution in [2.24, 2.45) is 5.73 Å². The van der Waals surface area contributed by atoms with E-state index < -0.39 is 29.3 Å². The zero-order chi connectivity index (χ0) is 14.8. The van der Waals surface area contributed by atoms with Crippen molar-refractivity contribution in [1.29, 1.82) is 0 Å². The highest BCUT2D eigenvalue weighted by Gasteiger charge is 2.28. The summed E-state index contributed by atoms with van der Waals surface area (Å²) in [6.45, 7) is 5.21. The molecule has 1 unspecified atom stereocenters. The highest BCUT2D eigenvalue weighted by atomic mass is 19.2. The molecule has 3 N–H and O–H groups in total. The molecule has 6 heteroatoms. The average Bonchev–Trinajstić information content (AvgIpc) is 2.27. The molecule has 1 amide bonds. The number of carbonyl (C=O) groups is 1. The molecule has 0 aromatic heterocycles. The summed E-state index contributed by atoms with van der Waals surface area (Å²) in [6, 6.07) is 2.60. The largest absolute Gasteiger partial charge is 0.465 e. The Bertz CT molecular complexity index is 472. The van der Waals surface area contributed by atoms with Crippen LogP contribution < -0.4 is 5.73 Å². The van der Waals surface area contributed by atoms with Crippen molar-refractivity contribution >= 4 is 6.09 Å². The van der Waals surface area contributed by atoms with Crippen LogP contribution >= 0.6 is 0 Å². The van der Waals surface area contributed by atoms with E-state index in [4.69, 9.17) is 10.8 Å². The van der Waals surface area contributed by atoms with E-state index >= 15 is 0 Å². The number of amides is 1. The van der Waals surface area contributed by atoms with Gasteiger partial charge < -0.3 is 15.7 Å². The van der Waals surface area contributed by atoms with Gasteiger partial charge in [-0.05, 0) is 38.5 Å². The summed E-state index contributed by atoms with van der Waals surface area (Å²) < 4.78 is 25.9. The molecule has 4 nitrogen and oxygen atoms in total. The lowest BCUT2D eigenvalue weighted by atomic mass is 10.0. The normalized spacial score (nSPS) is 13.2. The SMILES string of the molecule is CC(C)(C)N(CC(N)c1ccc(F)c(F)c1)C(=O)O. The maximum Gasteiger partial charge on any atom is 0.407 e. The van der Waals surface area contributed by atoms with Crippen molar-refractivity contribution in [2.45, 2.75) is 32.4 Å². The van der Waals surface area contributed by atoms with Gasteiger partial charge in [0.2, 0.25) is 0 Å². The molecule has 1 atom stereocenters. The summed E-state index contributed by atoms with van der Waals surface area (Å²) in [5.74, 6) is -1.95. The van der Waals surface area contributed by atoms with Gasteiger partial charge in [-0.25, -0.2) is 13.6 Å². The monoisotopic (exact) mass is 272 g/mol. The summed E-state index contributed by atoms with van der Waals surface area (Å²) in [7, 11) is 0. The second-order valence-corrected chi connectivity index (χ2v) is 5.34. The molecule has 0 radical (unpaired) electrons. The van der Waals surface area contributed by atoms with E-state index in [1.807, 2.05) is 0 Å². The molecule has 0 fully saturated rings. The number of benzene rings is 1. The maximum absolute atomic E-state index is 13.1. The van der Waals surface area contributed by atoms with Crippen LogP contribution in [0, 0.1) is 11.6 Å². The standard InChI is InChI=1S/C13H18F2N2O2/c1-13(2,3)17(12(18)19)7-11(16)8-4-5-9(14)10(15)6-8/h4-6,11H,7,16H2,1-3H3,(H,18,19). The zero-order valence-corrected chi connectivity index (χ0v) is 11.2. The molecular weight excluding hydrogens is 254 g/mol. The smallest absolute Gasteiger partial charge is 0.407 e. The van der Waals surface area contributed by atoms with Crippen LogP contribution in [-0.2, 0) is 0 Å². The second-order valence-electron chi connectivity index (χ2n) is 5.34. The first-order valence-electron chi connectivity index (χ1n) is 5.84. The minimum absolute atomic E-state index is 0.00387. The van der Waals surface area contributed by atoms with Gasteiger partial charge in [-0.15, -0.1) is 0 Å². The van der Waals surface area contributed by atoms with Gasteiger partial charge in [0.05, 0.1) is 0 Å². The van der Waals surface area contributed by atoms with Gasteiger partial charge in [-0.2, -0.15) is 0 Å². The third-order valence-electron chi connectivity index (χ3n) is 2.79. The predicted molar refractivity (Wildman–Crippen MR) is 67.8 cm³/mol. The molecule has 0 aliphatic carbocycles. The van der Waals surface area contributed by atoms with Gasteiger partial charge in [-0.3, -0.25) is 0 Å². The number of nitrogens with two attached hydrogens (primary N) is 1. The van der Waals surface area contributed by atoms with Crippen molar-refractivity contribution in [3.63, 3.8) is 0 Å². The van der Waals surface area contributed by atoms with Crippen molar-refractivity contribution in [1.82, 2.24) is 4.90 Å². The Morgan fingerprint density at radius 3 is 2.37 bits per heavy atom. The van der Waals surface area contributed by atoms with Crippen LogP contribution in [0.15, 0.2) is 18.2 Å². The lowest BCUT2D eigenvalue weighted by Crippen LogP contribution is -2.48. The second kappa shape index (κ2) is 5.52. The third-order valence-corrected chi connectivity index (χ3v) is 2.79. The minimum Gasteiger partial charge on any atom is -0.465 e. The fourth-order valence-electron chi connectivity index (χ4n) is 1.68. The van der Waals surface area contributed by atoms with Crippen LogP contribution in [0.3, 0.4) is 0 Å². The van der Waals surface area contributed by atoms with E-state index in [1.54, 1.807) is 20.8 Å². The Kier molecular flexibility index (Phi) is 4.47. The van der Waals surface area contributed by atoms with E-state index in [-0.39, 0.29) is 6.54 Å². The van der Waals surface area contributed by atoms with Crippen LogP contribution in [0.1, 0.15) is 32.4 Å². The first-order valence-corrected chi connectivity index (χ1v) is 5.84. The van der Waals surface area contributed by atoms with Gasteiger partial charge in [-0.1, -0.05) is 6.07 Å². The van der Waals surface area contributed by atoms with Crippen LogP contribution in [0.4, 0.5) is 13.6 Å². The van der Waals surface area contributed by atoms with E-state index in [2.05, 4.69) is 0 Å². The summed E-state index contributed by atoms with van der Waals surface area (Å²) in [6.07, 6.45) is -1.11. The molecule has 19 heavy (non-hydrogen) atoms. The number of carboxylic acid groups (broad SMARTS) is 1. The lowest BCUT2D eigenvalue weighted by molar-refractivity contribution is 0.0960. The number of halogens is 2. The Morgan fingerprint density at radius 1 is 1.37 bits per heavy atom. The first kappa shape index (κ1) is 15.4. The van der Waals surface area contributed by atoms with Crippen molar-refractivity contribution in [3.8, 4) is 0 Å². The van der Waals surface area contributed by atoms with Gasteiger partial charge >= 0.3 is 6.09 Å². The molecular formula is C13H18F2N2O2. The van der Waals surface area contributed by atoms with E-state index in [9.17, 15) is 13.6 Å². The third kappa shape index (κ3) is 3.89. The molecule has 0 heterocycles. The molecule has 0 spiro atoms. The average molecular weight is 272 g/mol. The lowest BCUT2D eigenvalue weighted by Gasteiger charge is -2.35. The Labute approximate surface area is 110 Å². The summed E-state index contributed by atoms with van der Waals surface area (Å²) in [5.41, 5.74) is 5.59. The minimum atomic E-state index is -1.11. The first-order chi connectivity index (χ1) is 8.62. The number of hydrogen-bond donors (Lipinski definition) is 2. The predicted octanol–water partition coefficient (Wildman–Crippen LogP) is 2.74. The fraction of sp³-hybridized carbons (Fsp3) is 0.462. The maximum atomic E-state index is 13.1. The van der Waals surface area contributed by atoms with Crippen LogP contribution in [0.2, 0.25) is 0 Å². The molecule has 106 valence electrons. The van der Waals surface area contributed by atoms with Crippen molar-refractivity contribution < 1.29 is 18.7 Å². The number of nitrogens with zero attached hydrogens (tertiary/aromatic N) is 1. The molecule has 0 aliphatic rings. The Hall–Kier alpha value is -1.69. The van der Waals surface area contributed by atoms with Crippen LogP contribution in [0.5, 0.6) is 0 Å². The van der Waals surface area contributed by atoms with Crippen molar-refractivity contribution in [3.05, 3.63) is 35.4 Å². The topological polar surface area (TPSA) is 66.6 Å². The van der Waals surface area contributed by atoms with Gasteiger partial charge in [0.1, 0.15) is 0 Å². The Morgan fingerprint density at radius 2 is 1.95 bits per heavy atom. The zero-order valence-electron chi connectivity index (χ0n) is 11.2. The molecule has 0 saturated heterocycles. The van der Waals surface area contributed by atoms with Crippen LogP contribution in [-0.4, -0.2) is 28.2 Å².